The predicted octanol–water partition coefficient (Wildman–Crippen LogP) is 3.50. The van der Waals surface area contributed by atoms with E-state index in [1.54, 1.807) is 0 Å². The first-order valence-electron chi connectivity index (χ1n) is 5.23. The Hall–Kier alpha value is -0.340. The van der Waals surface area contributed by atoms with E-state index >= 15 is 0 Å². The van der Waals surface area contributed by atoms with Crippen molar-refractivity contribution in [1.29, 1.82) is 0 Å². The quantitative estimate of drug-likeness (QED) is 0.877. The molecule has 1 aliphatic rings. The van der Waals surface area contributed by atoms with E-state index in [1.165, 1.54) is 18.4 Å². The summed E-state index contributed by atoms with van der Waals surface area (Å²) in [6, 6.07) is 8.59. The van der Waals surface area contributed by atoms with Crippen molar-refractivity contribution in [2.75, 3.05) is 0 Å². The number of halogens is 1. The van der Waals surface area contributed by atoms with Crippen molar-refractivity contribution in [1.82, 2.24) is 0 Å². The largest absolute Gasteiger partial charge is 0.324 e. The molecule has 0 aliphatic heterocycles. The van der Waals surface area contributed by atoms with Crippen LogP contribution in [-0.2, 0) is 0 Å². The van der Waals surface area contributed by atoms with Crippen LogP contribution in [0, 0.1) is 11.8 Å². The highest BCUT2D eigenvalue weighted by Crippen LogP contribution is 2.48. The summed E-state index contributed by atoms with van der Waals surface area (Å²) in [6.07, 6.45) is 2.58. The molecule has 76 valence electrons. The lowest BCUT2D eigenvalue weighted by molar-refractivity contribution is 0.567. The van der Waals surface area contributed by atoms with Gasteiger partial charge in [0.05, 0.1) is 0 Å². The molecule has 0 heterocycles. The maximum atomic E-state index is 6.21. The van der Waals surface area contributed by atoms with Crippen LogP contribution in [0.1, 0.15) is 31.4 Å². The normalized spacial score (nSPS) is 27.4. The Morgan fingerprint density at radius 3 is 2.93 bits per heavy atom. The van der Waals surface area contributed by atoms with Gasteiger partial charge in [-0.2, -0.15) is 0 Å². The lowest BCUT2D eigenvalue weighted by atomic mass is 10.0. The summed E-state index contributed by atoms with van der Waals surface area (Å²) in [5.74, 6) is 1.58. The minimum Gasteiger partial charge on any atom is -0.324 e. The van der Waals surface area contributed by atoms with Crippen LogP contribution < -0.4 is 5.73 Å². The summed E-state index contributed by atoms with van der Waals surface area (Å²) < 4.78 is 1.12. The Morgan fingerprint density at radius 2 is 2.36 bits per heavy atom. The Balaban J connectivity index is 2.08. The van der Waals surface area contributed by atoms with E-state index in [0.29, 0.717) is 5.92 Å². The van der Waals surface area contributed by atoms with Crippen LogP contribution in [0.15, 0.2) is 28.7 Å². The van der Waals surface area contributed by atoms with Crippen LogP contribution in [-0.4, -0.2) is 0 Å². The molecule has 2 rings (SSSR count). The van der Waals surface area contributed by atoms with Gasteiger partial charge in [0, 0.05) is 10.5 Å². The van der Waals surface area contributed by atoms with Gasteiger partial charge >= 0.3 is 0 Å². The van der Waals surface area contributed by atoms with Gasteiger partial charge in [-0.3, -0.25) is 0 Å². The molecule has 2 heteroatoms. The van der Waals surface area contributed by atoms with E-state index in [-0.39, 0.29) is 6.04 Å². The molecule has 0 radical (unpaired) electrons. The van der Waals surface area contributed by atoms with Crippen molar-refractivity contribution in [2.45, 2.75) is 25.8 Å². The van der Waals surface area contributed by atoms with E-state index in [2.05, 4.69) is 41.1 Å². The summed E-state index contributed by atoms with van der Waals surface area (Å²) in [5, 5.41) is 0. The molecule has 1 aromatic carbocycles. The van der Waals surface area contributed by atoms with Crippen LogP contribution in [0.3, 0.4) is 0 Å². The lowest BCUT2D eigenvalue weighted by Gasteiger charge is -2.11. The fraction of sp³-hybridized carbons (Fsp3) is 0.500. The highest BCUT2D eigenvalue weighted by Gasteiger charge is 2.40. The van der Waals surface area contributed by atoms with Crippen molar-refractivity contribution in [3.63, 3.8) is 0 Å². The van der Waals surface area contributed by atoms with Gasteiger partial charge in [-0.15, -0.1) is 0 Å². The zero-order valence-corrected chi connectivity index (χ0v) is 10.00. The Bertz CT molecular complexity index is 324. The first-order chi connectivity index (χ1) is 6.72. The highest BCUT2D eigenvalue weighted by molar-refractivity contribution is 9.10. The van der Waals surface area contributed by atoms with Gasteiger partial charge < -0.3 is 5.73 Å². The average molecular weight is 254 g/mol. The summed E-state index contributed by atoms with van der Waals surface area (Å²) in [6.45, 7) is 2.25. The van der Waals surface area contributed by atoms with Crippen LogP contribution in [0.2, 0.25) is 0 Å². The number of nitrogens with two attached hydrogens (primary N) is 1. The van der Waals surface area contributed by atoms with Crippen LogP contribution in [0.25, 0.3) is 0 Å². The third kappa shape index (κ3) is 2.01. The molecule has 3 unspecified atom stereocenters. The number of benzene rings is 1. The van der Waals surface area contributed by atoms with Crippen LogP contribution in [0.4, 0.5) is 0 Å². The van der Waals surface area contributed by atoms with Gasteiger partial charge in [0.2, 0.25) is 0 Å². The molecule has 3 atom stereocenters. The first kappa shape index (κ1) is 10.2. The number of hydrogen-bond acceptors (Lipinski definition) is 1. The number of hydrogen-bond donors (Lipinski definition) is 1. The molecular weight excluding hydrogens is 238 g/mol. The molecule has 0 spiro atoms. The highest BCUT2D eigenvalue weighted by atomic mass is 79.9. The second-order valence-electron chi connectivity index (χ2n) is 4.15. The van der Waals surface area contributed by atoms with Crippen molar-refractivity contribution in [3.8, 4) is 0 Å². The molecule has 14 heavy (non-hydrogen) atoms. The van der Waals surface area contributed by atoms with Gasteiger partial charge in [-0.1, -0.05) is 41.4 Å². The molecule has 1 aromatic rings. The molecule has 0 aromatic heterocycles. The smallest absolute Gasteiger partial charge is 0.0326 e. The van der Waals surface area contributed by atoms with E-state index < -0.39 is 0 Å². The lowest BCUT2D eigenvalue weighted by Crippen LogP contribution is -2.13. The summed E-state index contributed by atoms with van der Waals surface area (Å²) in [7, 11) is 0. The van der Waals surface area contributed by atoms with Crippen molar-refractivity contribution in [3.05, 3.63) is 34.3 Å². The van der Waals surface area contributed by atoms with Gasteiger partial charge in [0.15, 0.2) is 0 Å². The van der Waals surface area contributed by atoms with Gasteiger partial charge in [-0.25, -0.2) is 0 Å². The monoisotopic (exact) mass is 253 g/mol. The van der Waals surface area contributed by atoms with E-state index in [9.17, 15) is 0 Å². The average Bonchev–Trinajstić information content (AvgIpc) is 2.95. The molecular formula is C12H16BrN. The van der Waals surface area contributed by atoms with Crippen molar-refractivity contribution in [2.24, 2.45) is 17.6 Å². The number of rotatable bonds is 3. The minimum absolute atomic E-state index is 0.234. The standard InChI is InChI=1S/C12H16BrN/c1-2-8-7-11(8)12(14)9-4-3-5-10(13)6-9/h3-6,8,11-12H,2,7,14H2,1H3. The molecule has 1 aliphatic carbocycles. The zero-order chi connectivity index (χ0) is 10.1. The van der Waals surface area contributed by atoms with Crippen LogP contribution in [0.5, 0.6) is 0 Å². The molecule has 1 fully saturated rings. The van der Waals surface area contributed by atoms with Gasteiger partial charge in [0.25, 0.3) is 0 Å². The van der Waals surface area contributed by atoms with E-state index in [0.717, 1.165) is 10.4 Å². The Kier molecular flexibility index (Phi) is 2.93. The summed E-state index contributed by atoms with van der Waals surface area (Å²) >= 11 is 3.48. The van der Waals surface area contributed by atoms with Crippen molar-refractivity contribution < 1.29 is 0 Å². The molecule has 2 N–H and O–H groups in total. The second-order valence-corrected chi connectivity index (χ2v) is 5.06. The van der Waals surface area contributed by atoms with Crippen LogP contribution >= 0.6 is 15.9 Å². The van der Waals surface area contributed by atoms with E-state index in [1.807, 2.05) is 6.07 Å². The minimum atomic E-state index is 0.234. The topological polar surface area (TPSA) is 26.0 Å². The fourth-order valence-corrected chi connectivity index (χ4v) is 2.56. The van der Waals surface area contributed by atoms with E-state index in [4.69, 9.17) is 5.73 Å². The molecule has 0 bridgehead atoms. The van der Waals surface area contributed by atoms with Gasteiger partial charge in [0.1, 0.15) is 0 Å². The molecule has 0 saturated heterocycles. The molecule has 1 saturated carbocycles. The Labute approximate surface area is 93.8 Å². The predicted molar refractivity (Wildman–Crippen MR) is 63.0 cm³/mol. The first-order valence-corrected chi connectivity index (χ1v) is 6.02. The molecule has 1 nitrogen and oxygen atoms in total. The SMILES string of the molecule is CCC1CC1C(N)c1cccc(Br)c1. The Morgan fingerprint density at radius 1 is 1.57 bits per heavy atom. The maximum absolute atomic E-state index is 6.21. The third-order valence-electron chi connectivity index (χ3n) is 3.20. The maximum Gasteiger partial charge on any atom is 0.0326 e. The summed E-state index contributed by atoms with van der Waals surface area (Å²) in [4.78, 5) is 0. The van der Waals surface area contributed by atoms with Crippen molar-refractivity contribution >= 4 is 15.9 Å². The zero-order valence-electron chi connectivity index (χ0n) is 8.41. The van der Waals surface area contributed by atoms with Gasteiger partial charge in [-0.05, 0) is 36.0 Å². The second kappa shape index (κ2) is 4.03. The fourth-order valence-electron chi connectivity index (χ4n) is 2.14. The summed E-state index contributed by atoms with van der Waals surface area (Å²) in [5.41, 5.74) is 7.48. The third-order valence-corrected chi connectivity index (χ3v) is 3.69. The molecule has 0 amide bonds.